The molecule has 3 heteroatoms. The van der Waals surface area contributed by atoms with Crippen LogP contribution < -0.4 is 0 Å². The van der Waals surface area contributed by atoms with Crippen molar-refractivity contribution in [3.05, 3.63) is 161 Å². The van der Waals surface area contributed by atoms with E-state index in [1.165, 1.54) is 59.1 Å². The fourth-order valence-electron chi connectivity index (χ4n) is 6.85. The quantitative estimate of drug-likeness (QED) is 0.218. The summed E-state index contributed by atoms with van der Waals surface area (Å²) in [5.41, 5.74) is 10.1. The summed E-state index contributed by atoms with van der Waals surface area (Å²) < 4.78 is 3.57. The van der Waals surface area contributed by atoms with Crippen LogP contribution in [0.4, 0.5) is 0 Å². The second kappa shape index (κ2) is 8.38. The molecule has 2 aliphatic rings. The SMILES string of the molecule is C1=CC2=C(c3ccc4nc5c6ccccc6sc5n4c3)c3ccccc3C(c3ccc4ccccc4c3)C2C=C1. The Bertz CT molecular complexity index is 2240. The molecule has 0 fully saturated rings. The molecule has 2 unspecified atom stereocenters. The standard InChI is InChI=1S/C37H24N2S/c1-2-10-24-21-25(18-17-23(24)9-1)34-27-11-3-5-13-29(27)35(30-14-6-4-12-28(30)34)26-19-20-33-38-36-31-15-7-8-16-32(31)40-37(36)39(33)22-26/h1-22,27,34H. The number of allylic oxidation sites excluding steroid dienone is 5. The molecule has 0 saturated heterocycles. The van der Waals surface area contributed by atoms with Crippen molar-refractivity contribution < 1.29 is 0 Å². The first-order valence-corrected chi connectivity index (χ1v) is 14.6. The van der Waals surface area contributed by atoms with Crippen LogP contribution in [0.3, 0.4) is 0 Å². The number of hydrogen-bond acceptors (Lipinski definition) is 2. The Kier molecular flexibility index (Phi) is 4.64. The predicted molar refractivity (Wildman–Crippen MR) is 168 cm³/mol. The Labute approximate surface area is 235 Å². The van der Waals surface area contributed by atoms with Gasteiger partial charge >= 0.3 is 0 Å². The average Bonchev–Trinajstić information content (AvgIpc) is 3.55. The summed E-state index contributed by atoms with van der Waals surface area (Å²) in [5.74, 6) is 0.519. The molecular weight excluding hydrogens is 504 g/mol. The minimum absolute atomic E-state index is 0.257. The lowest BCUT2D eigenvalue weighted by Crippen LogP contribution is -2.22. The van der Waals surface area contributed by atoms with Crippen LogP contribution >= 0.6 is 11.3 Å². The van der Waals surface area contributed by atoms with Crippen LogP contribution in [-0.4, -0.2) is 9.38 Å². The molecule has 0 spiro atoms. The first-order chi connectivity index (χ1) is 19.8. The van der Waals surface area contributed by atoms with Gasteiger partial charge in [-0.2, -0.15) is 0 Å². The molecule has 0 saturated carbocycles. The van der Waals surface area contributed by atoms with E-state index >= 15 is 0 Å². The molecule has 2 aliphatic carbocycles. The smallest absolute Gasteiger partial charge is 0.138 e. The predicted octanol–water partition coefficient (Wildman–Crippen LogP) is 9.54. The number of rotatable bonds is 2. The number of imidazole rings is 1. The maximum atomic E-state index is 5.02. The summed E-state index contributed by atoms with van der Waals surface area (Å²) in [5, 5.41) is 3.81. The minimum atomic E-state index is 0.257. The van der Waals surface area contributed by atoms with Gasteiger partial charge in [0, 0.05) is 28.1 Å². The normalized spacial score (nSPS) is 18.2. The molecule has 0 radical (unpaired) electrons. The van der Waals surface area contributed by atoms with Crippen molar-refractivity contribution >= 4 is 53.8 Å². The van der Waals surface area contributed by atoms with Gasteiger partial charge in [0.1, 0.15) is 16.0 Å². The van der Waals surface area contributed by atoms with E-state index in [4.69, 9.17) is 4.98 Å². The van der Waals surface area contributed by atoms with Crippen LogP contribution in [0.2, 0.25) is 0 Å². The van der Waals surface area contributed by atoms with Gasteiger partial charge in [0.15, 0.2) is 0 Å². The lowest BCUT2D eigenvalue weighted by atomic mass is 9.66. The lowest BCUT2D eigenvalue weighted by Gasteiger charge is -2.37. The Hall–Kier alpha value is -4.73. The van der Waals surface area contributed by atoms with Crippen molar-refractivity contribution in [2.75, 3.05) is 0 Å². The maximum Gasteiger partial charge on any atom is 0.138 e. The summed E-state index contributed by atoms with van der Waals surface area (Å²) in [6.45, 7) is 0. The molecule has 40 heavy (non-hydrogen) atoms. The van der Waals surface area contributed by atoms with Gasteiger partial charge in [-0.1, -0.05) is 109 Å². The number of thiophene rings is 1. The number of fused-ring (bicyclic) bond motifs is 8. The highest BCUT2D eigenvalue weighted by Gasteiger charge is 2.35. The van der Waals surface area contributed by atoms with E-state index < -0.39 is 0 Å². The third-order valence-electron chi connectivity index (χ3n) is 8.62. The molecule has 3 heterocycles. The average molecular weight is 529 g/mol. The summed E-state index contributed by atoms with van der Waals surface area (Å²) in [7, 11) is 0. The van der Waals surface area contributed by atoms with E-state index in [9.17, 15) is 0 Å². The lowest BCUT2D eigenvalue weighted by molar-refractivity contribution is 0.649. The molecule has 7 aromatic rings. The Balaban J connectivity index is 1.28. The second-order valence-electron chi connectivity index (χ2n) is 10.8. The number of nitrogens with zero attached hydrogens (tertiary/aromatic N) is 2. The number of hydrogen-bond donors (Lipinski definition) is 0. The number of pyridine rings is 1. The molecule has 2 nitrogen and oxygen atoms in total. The fourth-order valence-corrected chi connectivity index (χ4v) is 7.98. The van der Waals surface area contributed by atoms with Gasteiger partial charge in [0.05, 0.1) is 0 Å². The monoisotopic (exact) mass is 528 g/mol. The third kappa shape index (κ3) is 3.13. The van der Waals surface area contributed by atoms with Crippen LogP contribution in [0.15, 0.2) is 139 Å². The topological polar surface area (TPSA) is 17.3 Å². The second-order valence-corrected chi connectivity index (χ2v) is 11.8. The van der Waals surface area contributed by atoms with E-state index in [1.807, 2.05) is 11.3 Å². The molecule has 3 aromatic heterocycles. The molecule has 0 amide bonds. The van der Waals surface area contributed by atoms with E-state index in [0.29, 0.717) is 0 Å². The summed E-state index contributed by atoms with van der Waals surface area (Å²) in [4.78, 5) is 6.23. The van der Waals surface area contributed by atoms with Gasteiger partial charge < -0.3 is 0 Å². The highest BCUT2D eigenvalue weighted by atomic mass is 32.1. The van der Waals surface area contributed by atoms with E-state index in [2.05, 4.69) is 138 Å². The summed E-state index contributed by atoms with van der Waals surface area (Å²) >= 11 is 1.82. The summed E-state index contributed by atoms with van der Waals surface area (Å²) in [6.07, 6.45) is 11.4. The van der Waals surface area contributed by atoms with Gasteiger partial charge in [-0.05, 0) is 62.4 Å². The van der Waals surface area contributed by atoms with Crippen molar-refractivity contribution in [1.29, 1.82) is 0 Å². The van der Waals surface area contributed by atoms with Crippen LogP contribution in [-0.2, 0) is 0 Å². The molecule has 0 bridgehead atoms. The van der Waals surface area contributed by atoms with Gasteiger partial charge in [0.25, 0.3) is 0 Å². The van der Waals surface area contributed by atoms with E-state index in [1.54, 1.807) is 0 Å². The van der Waals surface area contributed by atoms with Gasteiger partial charge in [-0.25, -0.2) is 4.98 Å². The van der Waals surface area contributed by atoms with Crippen molar-refractivity contribution in [2.45, 2.75) is 5.92 Å². The number of aromatic nitrogens is 2. The van der Waals surface area contributed by atoms with Crippen molar-refractivity contribution in [3.8, 4) is 0 Å². The van der Waals surface area contributed by atoms with Crippen molar-refractivity contribution in [3.63, 3.8) is 0 Å². The Morgan fingerprint density at radius 3 is 2.58 bits per heavy atom. The molecule has 188 valence electrons. The maximum absolute atomic E-state index is 5.02. The van der Waals surface area contributed by atoms with Crippen molar-refractivity contribution in [1.82, 2.24) is 9.38 Å². The Morgan fingerprint density at radius 2 is 1.60 bits per heavy atom. The number of benzene rings is 4. The first kappa shape index (κ1) is 22.1. The first-order valence-electron chi connectivity index (χ1n) is 13.8. The van der Waals surface area contributed by atoms with E-state index in [0.717, 1.165) is 11.2 Å². The van der Waals surface area contributed by atoms with Crippen molar-refractivity contribution in [2.24, 2.45) is 5.92 Å². The minimum Gasteiger partial charge on any atom is -0.290 e. The third-order valence-corrected chi connectivity index (χ3v) is 9.78. The molecular formula is C37H24N2S. The van der Waals surface area contributed by atoms with E-state index in [-0.39, 0.29) is 11.8 Å². The molecule has 2 atom stereocenters. The molecule has 4 aromatic carbocycles. The zero-order valence-electron chi connectivity index (χ0n) is 21.7. The Morgan fingerprint density at radius 1 is 0.750 bits per heavy atom. The van der Waals surface area contributed by atoms with Crippen LogP contribution in [0.25, 0.3) is 42.4 Å². The zero-order chi connectivity index (χ0) is 26.2. The van der Waals surface area contributed by atoms with Crippen LogP contribution in [0.1, 0.15) is 28.2 Å². The molecule has 9 rings (SSSR count). The molecule has 0 N–H and O–H groups in total. The van der Waals surface area contributed by atoms with Gasteiger partial charge in [0.2, 0.25) is 0 Å². The van der Waals surface area contributed by atoms with Crippen LogP contribution in [0.5, 0.6) is 0 Å². The largest absolute Gasteiger partial charge is 0.290 e. The highest BCUT2D eigenvalue weighted by molar-refractivity contribution is 7.25. The van der Waals surface area contributed by atoms with Crippen LogP contribution in [0, 0.1) is 5.92 Å². The van der Waals surface area contributed by atoms with Gasteiger partial charge in [-0.3, -0.25) is 4.40 Å². The highest BCUT2D eigenvalue weighted by Crippen LogP contribution is 2.50. The fraction of sp³-hybridized carbons (Fsp3) is 0.0541. The summed E-state index contributed by atoms with van der Waals surface area (Å²) in [6, 6.07) is 37.7. The van der Waals surface area contributed by atoms with Gasteiger partial charge in [-0.15, -0.1) is 11.3 Å². The zero-order valence-corrected chi connectivity index (χ0v) is 22.5. The molecule has 0 aliphatic heterocycles.